The predicted octanol–water partition coefficient (Wildman–Crippen LogP) is -1.79. The zero-order chi connectivity index (χ0) is 6.57. The third-order valence-electron chi connectivity index (χ3n) is 0.977. The number of nitrogens with one attached hydrogen (secondary N) is 1. The number of thiocarbonyl (C=S) groups is 1. The van der Waals surface area contributed by atoms with Gasteiger partial charge >= 0.3 is 29.6 Å². The zero-order valence-corrected chi connectivity index (χ0v) is 9.73. The largest absolute Gasteiger partial charge is 1.00 e. The first-order valence-corrected chi connectivity index (χ1v) is 3.46. The molecule has 0 bridgehead atoms. The fraction of sp³-hybridized carbons (Fsp3) is 0.800. The van der Waals surface area contributed by atoms with Crippen LogP contribution in [0.1, 0.15) is 20.3 Å². The molecule has 0 aliphatic rings. The first-order valence-electron chi connectivity index (χ1n) is 2.64. The van der Waals surface area contributed by atoms with Gasteiger partial charge in [-0.15, -0.1) is 0 Å². The SMILES string of the molecule is CCC(C)NC(=S)[S-].[Na+]. The summed E-state index contributed by atoms with van der Waals surface area (Å²) >= 11 is 9.28. The topological polar surface area (TPSA) is 12.0 Å². The minimum absolute atomic E-state index is 0. The van der Waals surface area contributed by atoms with E-state index in [9.17, 15) is 0 Å². The van der Waals surface area contributed by atoms with Crippen molar-refractivity contribution in [2.75, 3.05) is 0 Å². The summed E-state index contributed by atoms with van der Waals surface area (Å²) in [7, 11) is 0. The Morgan fingerprint density at radius 3 is 2.33 bits per heavy atom. The van der Waals surface area contributed by atoms with Gasteiger partial charge < -0.3 is 30.2 Å². The van der Waals surface area contributed by atoms with Crippen LogP contribution in [-0.4, -0.2) is 10.4 Å². The number of hydrogen-bond acceptors (Lipinski definition) is 2. The van der Waals surface area contributed by atoms with Gasteiger partial charge in [0.2, 0.25) is 0 Å². The molecule has 0 fully saturated rings. The molecule has 1 atom stereocenters. The quantitative estimate of drug-likeness (QED) is 0.299. The normalized spacial score (nSPS) is 11.3. The molecule has 0 heterocycles. The molecule has 0 amide bonds. The average Bonchev–Trinajstić information content (AvgIpc) is 1.65. The second-order valence-corrected chi connectivity index (χ2v) is 2.82. The summed E-state index contributed by atoms with van der Waals surface area (Å²) in [5.74, 6) is 0. The van der Waals surface area contributed by atoms with Gasteiger partial charge in [0.25, 0.3) is 0 Å². The summed E-state index contributed by atoms with van der Waals surface area (Å²) in [5, 5.41) is 2.94. The van der Waals surface area contributed by atoms with Crippen molar-refractivity contribution in [1.29, 1.82) is 0 Å². The van der Waals surface area contributed by atoms with Gasteiger partial charge in [0.15, 0.2) is 0 Å². The molecule has 0 aromatic rings. The van der Waals surface area contributed by atoms with Crippen LogP contribution in [0, 0.1) is 0 Å². The van der Waals surface area contributed by atoms with Gasteiger partial charge in [-0.05, 0) is 13.3 Å². The maximum atomic E-state index is 4.64. The smallest absolute Gasteiger partial charge is 0.412 e. The fourth-order valence-corrected chi connectivity index (χ4v) is 0.706. The van der Waals surface area contributed by atoms with E-state index in [2.05, 4.69) is 44.0 Å². The molecule has 9 heavy (non-hydrogen) atoms. The Labute approximate surface area is 89.7 Å². The van der Waals surface area contributed by atoms with Gasteiger partial charge in [0.1, 0.15) is 0 Å². The van der Waals surface area contributed by atoms with E-state index in [1.54, 1.807) is 0 Å². The molecule has 1 unspecified atom stereocenters. The van der Waals surface area contributed by atoms with E-state index in [0.29, 0.717) is 10.4 Å². The van der Waals surface area contributed by atoms with E-state index < -0.39 is 0 Å². The van der Waals surface area contributed by atoms with Gasteiger partial charge in [0.05, 0.1) is 0 Å². The van der Waals surface area contributed by atoms with E-state index >= 15 is 0 Å². The molecule has 0 aliphatic heterocycles. The molecular formula is C5H10NNaS2. The van der Waals surface area contributed by atoms with Crippen LogP contribution < -0.4 is 34.9 Å². The molecule has 0 saturated heterocycles. The Hall–Kier alpha value is 1.11. The Bertz CT molecular complexity index is 87.0. The van der Waals surface area contributed by atoms with Crippen molar-refractivity contribution in [1.82, 2.24) is 5.32 Å². The van der Waals surface area contributed by atoms with Gasteiger partial charge in [-0.25, -0.2) is 0 Å². The van der Waals surface area contributed by atoms with Crippen molar-refractivity contribution in [3.8, 4) is 0 Å². The van der Waals surface area contributed by atoms with Crippen LogP contribution in [0.5, 0.6) is 0 Å². The third kappa shape index (κ3) is 9.11. The van der Waals surface area contributed by atoms with E-state index in [-0.39, 0.29) is 29.6 Å². The first kappa shape index (κ1) is 12.8. The van der Waals surface area contributed by atoms with Crippen molar-refractivity contribution < 1.29 is 29.6 Å². The van der Waals surface area contributed by atoms with Gasteiger partial charge in [0, 0.05) is 6.04 Å². The maximum absolute atomic E-state index is 4.64. The monoisotopic (exact) mass is 171 g/mol. The average molecular weight is 171 g/mol. The van der Waals surface area contributed by atoms with Crippen LogP contribution >= 0.6 is 12.2 Å². The van der Waals surface area contributed by atoms with Crippen molar-refractivity contribution in [2.24, 2.45) is 0 Å². The summed E-state index contributed by atoms with van der Waals surface area (Å²) in [6.45, 7) is 4.14. The predicted molar refractivity (Wildman–Crippen MR) is 42.9 cm³/mol. The molecule has 0 aromatic carbocycles. The van der Waals surface area contributed by atoms with Crippen molar-refractivity contribution in [3.05, 3.63) is 0 Å². The van der Waals surface area contributed by atoms with Crippen LogP contribution in [0.2, 0.25) is 0 Å². The Morgan fingerprint density at radius 1 is 1.78 bits per heavy atom. The second-order valence-electron chi connectivity index (χ2n) is 1.74. The standard InChI is InChI=1S/C5H11NS2.Na/c1-3-4(2)6-5(7)8;/h4H,3H2,1-2H3,(H2,6,7,8);/q;+1/p-1. The van der Waals surface area contributed by atoms with Crippen LogP contribution in [-0.2, 0) is 12.6 Å². The molecule has 1 N–H and O–H groups in total. The molecule has 0 spiro atoms. The van der Waals surface area contributed by atoms with Crippen LogP contribution in [0.4, 0.5) is 0 Å². The molecule has 4 heteroatoms. The Balaban J connectivity index is 0. The second kappa shape index (κ2) is 7.22. The summed E-state index contributed by atoms with van der Waals surface area (Å²) in [4.78, 5) is 0. The van der Waals surface area contributed by atoms with Crippen molar-refractivity contribution >= 4 is 29.2 Å². The van der Waals surface area contributed by atoms with Gasteiger partial charge in [-0.3, -0.25) is 0 Å². The van der Waals surface area contributed by atoms with Crippen molar-refractivity contribution in [3.63, 3.8) is 0 Å². The minimum Gasteiger partial charge on any atom is -0.412 e. The van der Waals surface area contributed by atoms with Crippen molar-refractivity contribution in [2.45, 2.75) is 26.3 Å². The van der Waals surface area contributed by atoms with Gasteiger partial charge in [-0.2, -0.15) is 0 Å². The first-order chi connectivity index (χ1) is 3.66. The van der Waals surface area contributed by atoms with Crippen LogP contribution in [0.25, 0.3) is 0 Å². The molecule has 0 aromatic heterocycles. The van der Waals surface area contributed by atoms with E-state index in [0.717, 1.165) is 6.42 Å². The van der Waals surface area contributed by atoms with Crippen LogP contribution in [0.3, 0.4) is 0 Å². The molecule has 1 nitrogen and oxygen atoms in total. The number of rotatable bonds is 2. The molecular weight excluding hydrogens is 161 g/mol. The fourth-order valence-electron chi connectivity index (χ4n) is 0.303. The minimum atomic E-state index is 0. The Morgan fingerprint density at radius 2 is 2.22 bits per heavy atom. The van der Waals surface area contributed by atoms with E-state index in [4.69, 9.17) is 0 Å². The summed E-state index contributed by atoms with van der Waals surface area (Å²) < 4.78 is 0.472. The molecule has 0 saturated carbocycles. The molecule has 0 aliphatic carbocycles. The third-order valence-corrected chi connectivity index (χ3v) is 1.21. The molecule has 0 radical (unpaired) electrons. The summed E-state index contributed by atoms with van der Waals surface area (Å²) in [6.07, 6.45) is 1.07. The van der Waals surface area contributed by atoms with Crippen LogP contribution in [0.15, 0.2) is 0 Å². The summed E-state index contributed by atoms with van der Waals surface area (Å²) in [5.41, 5.74) is 0. The molecule has 0 rings (SSSR count). The maximum Gasteiger partial charge on any atom is 1.00 e. The summed E-state index contributed by atoms with van der Waals surface area (Å²) in [6, 6.07) is 0.431. The van der Waals surface area contributed by atoms with E-state index in [1.165, 1.54) is 0 Å². The zero-order valence-electron chi connectivity index (χ0n) is 6.10. The van der Waals surface area contributed by atoms with E-state index in [1.807, 2.05) is 0 Å². The van der Waals surface area contributed by atoms with Gasteiger partial charge in [-0.1, -0.05) is 11.2 Å². The molecule has 48 valence electrons. The number of hydrogen-bond donors (Lipinski definition) is 1. The Kier molecular flexibility index (Phi) is 10.2.